The van der Waals surface area contributed by atoms with Crippen molar-refractivity contribution < 1.29 is 20.1 Å². The summed E-state index contributed by atoms with van der Waals surface area (Å²) in [5.74, 6) is -1.55. The Kier molecular flexibility index (Phi) is 4.51. The lowest BCUT2D eigenvalue weighted by Gasteiger charge is -2.13. The second-order valence-electron chi connectivity index (χ2n) is 5.27. The third kappa shape index (κ3) is 3.11. The SMILES string of the molecule is C=C(C)CCc1c(O)cc(O)c(C(=O)c2ccccc2)c1O. The highest BCUT2D eigenvalue weighted by Crippen LogP contribution is 2.39. The molecule has 0 radical (unpaired) electrons. The number of benzene rings is 2. The average molecular weight is 298 g/mol. The monoisotopic (exact) mass is 298 g/mol. The van der Waals surface area contributed by atoms with E-state index in [1.807, 2.05) is 6.92 Å². The minimum atomic E-state index is -0.493. The summed E-state index contributed by atoms with van der Waals surface area (Å²) in [6.45, 7) is 5.61. The van der Waals surface area contributed by atoms with Crippen molar-refractivity contribution in [2.24, 2.45) is 0 Å². The normalized spacial score (nSPS) is 10.4. The summed E-state index contributed by atoms with van der Waals surface area (Å²) in [5, 5.41) is 30.2. The van der Waals surface area contributed by atoms with E-state index >= 15 is 0 Å². The Morgan fingerprint density at radius 2 is 1.73 bits per heavy atom. The quantitative estimate of drug-likeness (QED) is 0.583. The zero-order valence-corrected chi connectivity index (χ0v) is 12.3. The highest BCUT2D eigenvalue weighted by molar-refractivity contribution is 6.12. The van der Waals surface area contributed by atoms with E-state index in [2.05, 4.69) is 6.58 Å². The number of carbonyl (C=O) groups is 1. The number of hydrogen-bond acceptors (Lipinski definition) is 4. The van der Waals surface area contributed by atoms with Crippen molar-refractivity contribution in [3.8, 4) is 17.2 Å². The molecule has 0 fully saturated rings. The van der Waals surface area contributed by atoms with Crippen LogP contribution in [0.3, 0.4) is 0 Å². The van der Waals surface area contributed by atoms with E-state index in [9.17, 15) is 20.1 Å². The van der Waals surface area contributed by atoms with Crippen LogP contribution in [-0.2, 0) is 6.42 Å². The van der Waals surface area contributed by atoms with E-state index in [1.54, 1.807) is 30.3 Å². The molecule has 0 heterocycles. The van der Waals surface area contributed by atoms with Crippen LogP contribution in [0.15, 0.2) is 48.6 Å². The molecule has 4 heteroatoms. The van der Waals surface area contributed by atoms with Crippen molar-refractivity contribution in [2.45, 2.75) is 19.8 Å². The number of aromatic hydroxyl groups is 3. The van der Waals surface area contributed by atoms with Gasteiger partial charge in [-0.2, -0.15) is 0 Å². The van der Waals surface area contributed by atoms with Crippen LogP contribution in [0.1, 0.15) is 34.8 Å². The molecule has 3 N–H and O–H groups in total. The van der Waals surface area contributed by atoms with Crippen LogP contribution in [-0.4, -0.2) is 21.1 Å². The molecule has 2 aromatic rings. The molecule has 0 aliphatic carbocycles. The smallest absolute Gasteiger partial charge is 0.200 e. The van der Waals surface area contributed by atoms with Gasteiger partial charge in [-0.1, -0.05) is 35.9 Å². The highest BCUT2D eigenvalue weighted by Gasteiger charge is 2.23. The number of allylic oxidation sites excluding steroid dienone is 1. The highest BCUT2D eigenvalue weighted by atomic mass is 16.3. The Labute approximate surface area is 129 Å². The molecule has 2 rings (SSSR count). The van der Waals surface area contributed by atoms with Gasteiger partial charge >= 0.3 is 0 Å². The van der Waals surface area contributed by atoms with Crippen LogP contribution in [0.25, 0.3) is 0 Å². The average Bonchev–Trinajstić information content (AvgIpc) is 2.47. The standard InChI is InChI=1S/C18H18O4/c1-11(2)8-9-13-14(19)10-15(20)16(18(13)22)17(21)12-6-4-3-5-7-12/h3-7,10,19-20,22H,1,8-9H2,2H3. The topological polar surface area (TPSA) is 77.8 Å². The third-order valence-electron chi connectivity index (χ3n) is 3.43. The molecular weight excluding hydrogens is 280 g/mol. The summed E-state index contributed by atoms with van der Waals surface area (Å²) < 4.78 is 0. The fourth-order valence-electron chi connectivity index (χ4n) is 2.22. The number of phenols is 3. The molecule has 0 aromatic heterocycles. The third-order valence-corrected chi connectivity index (χ3v) is 3.43. The summed E-state index contributed by atoms with van der Waals surface area (Å²) in [5.41, 5.74) is 1.29. The number of hydrogen-bond donors (Lipinski definition) is 3. The van der Waals surface area contributed by atoms with Gasteiger partial charge in [0.25, 0.3) is 0 Å². The maximum absolute atomic E-state index is 12.5. The van der Waals surface area contributed by atoms with Crippen LogP contribution in [0.5, 0.6) is 17.2 Å². The first-order valence-electron chi connectivity index (χ1n) is 6.92. The van der Waals surface area contributed by atoms with E-state index in [4.69, 9.17) is 0 Å². The summed E-state index contributed by atoms with van der Waals surface area (Å²) in [6.07, 6.45) is 0.896. The fraction of sp³-hybridized carbons (Fsp3) is 0.167. The van der Waals surface area contributed by atoms with E-state index < -0.39 is 11.5 Å². The van der Waals surface area contributed by atoms with Gasteiger partial charge in [0, 0.05) is 17.2 Å². The number of ketones is 1. The molecule has 114 valence electrons. The number of phenolic OH excluding ortho intramolecular Hbond substituents is 3. The predicted octanol–water partition coefficient (Wildman–Crippen LogP) is 3.54. The van der Waals surface area contributed by atoms with Gasteiger partial charge in [-0.25, -0.2) is 0 Å². The number of rotatable bonds is 5. The van der Waals surface area contributed by atoms with Gasteiger partial charge in [-0.05, 0) is 19.8 Å². The minimum absolute atomic E-state index is 0.194. The van der Waals surface area contributed by atoms with Crippen molar-refractivity contribution in [1.82, 2.24) is 0 Å². The lowest BCUT2D eigenvalue weighted by Crippen LogP contribution is -2.04. The summed E-state index contributed by atoms with van der Waals surface area (Å²) >= 11 is 0. The molecule has 0 saturated carbocycles. The maximum Gasteiger partial charge on any atom is 0.200 e. The predicted molar refractivity (Wildman–Crippen MR) is 84.4 cm³/mol. The summed E-state index contributed by atoms with van der Waals surface area (Å²) in [7, 11) is 0. The van der Waals surface area contributed by atoms with Gasteiger partial charge in [0.1, 0.15) is 22.8 Å². The van der Waals surface area contributed by atoms with Crippen LogP contribution in [0.2, 0.25) is 0 Å². The maximum atomic E-state index is 12.5. The second kappa shape index (κ2) is 6.35. The zero-order valence-electron chi connectivity index (χ0n) is 12.3. The zero-order chi connectivity index (χ0) is 16.3. The Hall–Kier alpha value is -2.75. The van der Waals surface area contributed by atoms with Gasteiger partial charge < -0.3 is 15.3 Å². The molecule has 0 unspecified atom stereocenters. The number of carbonyl (C=O) groups excluding carboxylic acids is 1. The van der Waals surface area contributed by atoms with Gasteiger partial charge in [-0.3, -0.25) is 4.79 Å². The van der Waals surface area contributed by atoms with Crippen molar-refractivity contribution in [2.75, 3.05) is 0 Å². The molecule has 0 atom stereocenters. The molecule has 2 aromatic carbocycles. The van der Waals surface area contributed by atoms with Crippen molar-refractivity contribution >= 4 is 5.78 Å². The summed E-state index contributed by atoms with van der Waals surface area (Å²) in [6, 6.07) is 9.45. The van der Waals surface area contributed by atoms with Gasteiger partial charge in [0.05, 0.1) is 0 Å². The van der Waals surface area contributed by atoms with Crippen LogP contribution < -0.4 is 0 Å². The Bertz CT molecular complexity index is 718. The van der Waals surface area contributed by atoms with E-state index in [0.29, 0.717) is 18.4 Å². The first-order chi connectivity index (χ1) is 10.4. The molecule has 0 amide bonds. The van der Waals surface area contributed by atoms with Crippen molar-refractivity contribution in [3.63, 3.8) is 0 Å². The molecule has 0 spiro atoms. The minimum Gasteiger partial charge on any atom is -0.507 e. The van der Waals surface area contributed by atoms with Crippen molar-refractivity contribution in [3.05, 3.63) is 65.2 Å². The largest absolute Gasteiger partial charge is 0.507 e. The molecule has 0 aliphatic rings. The molecule has 0 aliphatic heterocycles. The van der Waals surface area contributed by atoms with Gasteiger partial charge in [0.15, 0.2) is 0 Å². The first kappa shape index (κ1) is 15.6. The van der Waals surface area contributed by atoms with E-state index in [1.165, 1.54) is 0 Å². The van der Waals surface area contributed by atoms with Gasteiger partial charge in [0.2, 0.25) is 5.78 Å². The van der Waals surface area contributed by atoms with Gasteiger partial charge in [-0.15, -0.1) is 6.58 Å². The van der Waals surface area contributed by atoms with Crippen LogP contribution in [0.4, 0.5) is 0 Å². The Morgan fingerprint density at radius 3 is 2.32 bits per heavy atom. The Morgan fingerprint density at radius 1 is 1.09 bits per heavy atom. The lowest BCUT2D eigenvalue weighted by molar-refractivity contribution is 0.103. The summed E-state index contributed by atoms with van der Waals surface area (Å²) in [4.78, 5) is 12.5. The fourth-order valence-corrected chi connectivity index (χ4v) is 2.22. The molecule has 0 saturated heterocycles. The van der Waals surface area contributed by atoms with Crippen molar-refractivity contribution in [1.29, 1.82) is 0 Å². The molecular formula is C18H18O4. The van der Waals surface area contributed by atoms with E-state index in [-0.39, 0.29) is 22.6 Å². The van der Waals surface area contributed by atoms with Crippen LogP contribution >= 0.6 is 0 Å². The lowest BCUT2D eigenvalue weighted by atomic mass is 9.95. The van der Waals surface area contributed by atoms with E-state index in [0.717, 1.165) is 11.6 Å². The van der Waals surface area contributed by atoms with Crippen LogP contribution in [0, 0.1) is 0 Å². The Balaban J connectivity index is 2.49. The first-order valence-corrected chi connectivity index (χ1v) is 6.92. The second-order valence-corrected chi connectivity index (χ2v) is 5.27. The molecule has 22 heavy (non-hydrogen) atoms. The molecule has 0 bridgehead atoms. The molecule has 4 nitrogen and oxygen atoms in total.